The summed E-state index contributed by atoms with van der Waals surface area (Å²) in [7, 11) is 0. The van der Waals surface area contributed by atoms with Crippen LogP contribution in [0.4, 0.5) is 0 Å². The van der Waals surface area contributed by atoms with Crippen molar-refractivity contribution in [2.45, 2.75) is 32.9 Å². The van der Waals surface area contributed by atoms with Crippen LogP contribution in [0, 0.1) is 0 Å². The van der Waals surface area contributed by atoms with Crippen LogP contribution < -0.4 is 22.7 Å². The molecule has 100 valence electrons. The third-order valence-electron chi connectivity index (χ3n) is 2.32. The number of nitrogens with zero attached hydrogens (tertiary/aromatic N) is 2. The van der Waals surface area contributed by atoms with Crippen LogP contribution in [-0.2, 0) is 22.7 Å². The van der Waals surface area contributed by atoms with Gasteiger partial charge in [-0.2, -0.15) is 0 Å². The molecule has 8 heteroatoms. The fourth-order valence-corrected chi connectivity index (χ4v) is 1.49. The van der Waals surface area contributed by atoms with Crippen LogP contribution >= 0.6 is 0 Å². The molecule has 1 aromatic heterocycles. The maximum atomic E-state index is 11.9. The van der Waals surface area contributed by atoms with Crippen LogP contribution in [0.15, 0.2) is 21.9 Å². The first kappa shape index (κ1) is 14.1. The quantitative estimate of drug-likeness (QED) is 0.485. The summed E-state index contributed by atoms with van der Waals surface area (Å²) in [5.74, 6) is 4.15. The molecular weight excluding hydrogens is 240 g/mol. The number of aryl methyl sites for hydroxylation is 1. The third-order valence-corrected chi connectivity index (χ3v) is 2.32. The monoisotopic (exact) mass is 256 g/mol. The fourth-order valence-electron chi connectivity index (χ4n) is 1.49. The van der Waals surface area contributed by atoms with Crippen LogP contribution in [0.3, 0.4) is 0 Å². The van der Waals surface area contributed by atoms with E-state index in [4.69, 9.17) is 5.84 Å². The fraction of sp³-hybridized carbons (Fsp3) is 0.500. The number of hydrogen-bond donors (Lipinski definition) is 2. The minimum atomic E-state index is -0.644. The molecule has 0 aliphatic carbocycles. The van der Waals surface area contributed by atoms with Gasteiger partial charge in [0, 0.05) is 25.4 Å². The highest BCUT2D eigenvalue weighted by Gasteiger charge is 2.08. The van der Waals surface area contributed by atoms with E-state index >= 15 is 0 Å². The van der Waals surface area contributed by atoms with Gasteiger partial charge < -0.3 is 9.40 Å². The smallest absolute Gasteiger partial charge is 0.330 e. The summed E-state index contributed by atoms with van der Waals surface area (Å²) < 4.78 is 2.42. The molecule has 1 aromatic rings. The summed E-state index contributed by atoms with van der Waals surface area (Å²) in [6.45, 7) is 2.41. The molecule has 0 spiro atoms. The van der Waals surface area contributed by atoms with Gasteiger partial charge in [-0.05, 0) is 6.42 Å². The van der Waals surface area contributed by atoms with E-state index in [-0.39, 0.29) is 13.0 Å². The summed E-state index contributed by atoms with van der Waals surface area (Å²) in [6, 6.07) is 1.30. The number of rotatable bonds is 6. The molecule has 0 bridgehead atoms. The third kappa shape index (κ3) is 3.54. The number of hydrazine groups is 1. The highest BCUT2D eigenvalue weighted by Crippen LogP contribution is 1.88. The van der Waals surface area contributed by atoms with E-state index in [1.165, 1.54) is 16.8 Å². The van der Waals surface area contributed by atoms with E-state index < -0.39 is 17.2 Å². The van der Waals surface area contributed by atoms with Crippen molar-refractivity contribution in [3.63, 3.8) is 0 Å². The Morgan fingerprint density at radius 1 is 1.44 bits per heavy atom. The van der Waals surface area contributed by atoms with E-state index in [1.54, 1.807) is 5.59 Å². The summed E-state index contributed by atoms with van der Waals surface area (Å²) in [5, 5.41) is 0. The Bertz CT molecular complexity index is 519. The second-order valence-corrected chi connectivity index (χ2v) is 3.62. The van der Waals surface area contributed by atoms with Gasteiger partial charge >= 0.3 is 11.7 Å². The molecule has 18 heavy (non-hydrogen) atoms. The first-order valence-corrected chi connectivity index (χ1v) is 5.55. The van der Waals surface area contributed by atoms with Gasteiger partial charge in [-0.15, -0.1) is 0 Å². The Hall–Kier alpha value is -1.93. The summed E-state index contributed by atoms with van der Waals surface area (Å²) in [6.07, 6.45) is 2.11. The van der Waals surface area contributed by atoms with Crippen molar-refractivity contribution in [1.82, 2.24) is 14.7 Å². The minimum Gasteiger partial charge on any atom is -0.356 e. The molecule has 0 saturated carbocycles. The predicted octanol–water partition coefficient (Wildman–Crippen LogP) is -1.27. The molecule has 3 N–H and O–H groups in total. The van der Waals surface area contributed by atoms with E-state index in [2.05, 4.69) is 4.84 Å². The molecule has 0 atom stereocenters. The van der Waals surface area contributed by atoms with Crippen LogP contribution in [0.1, 0.15) is 19.8 Å². The summed E-state index contributed by atoms with van der Waals surface area (Å²) in [4.78, 5) is 38.8. The number of carbonyl (C=O) groups is 1. The van der Waals surface area contributed by atoms with Crippen LogP contribution in [0.5, 0.6) is 0 Å². The van der Waals surface area contributed by atoms with Gasteiger partial charge in [0.15, 0.2) is 0 Å². The van der Waals surface area contributed by atoms with Crippen molar-refractivity contribution < 1.29 is 9.63 Å². The van der Waals surface area contributed by atoms with E-state index in [1.807, 2.05) is 6.92 Å². The van der Waals surface area contributed by atoms with Gasteiger partial charge in [-0.25, -0.2) is 10.6 Å². The second kappa shape index (κ2) is 6.72. The SMILES string of the molecule is CCCn1ccc(=O)n(CCC(=O)ONN)c1=O. The summed E-state index contributed by atoms with van der Waals surface area (Å²) >= 11 is 0. The predicted molar refractivity (Wildman–Crippen MR) is 63.3 cm³/mol. The standard InChI is InChI=1S/C10H16N4O4/c1-2-5-13-6-3-8(15)14(10(13)17)7-4-9(16)18-12-11/h3,6,12H,2,4-5,7,11H2,1H3. The maximum absolute atomic E-state index is 11.9. The first-order valence-electron chi connectivity index (χ1n) is 5.55. The zero-order valence-electron chi connectivity index (χ0n) is 10.1. The zero-order chi connectivity index (χ0) is 13.5. The number of hydrogen-bond acceptors (Lipinski definition) is 6. The number of nitrogens with two attached hydrogens (primary N) is 1. The number of nitrogens with one attached hydrogen (secondary N) is 1. The highest BCUT2D eigenvalue weighted by atomic mass is 16.7. The Balaban J connectivity index is 2.88. The van der Waals surface area contributed by atoms with Gasteiger partial charge in [0.2, 0.25) is 0 Å². The number of carbonyl (C=O) groups excluding carboxylic acids is 1. The van der Waals surface area contributed by atoms with Crippen LogP contribution in [-0.4, -0.2) is 15.1 Å². The lowest BCUT2D eigenvalue weighted by molar-refractivity contribution is -0.151. The molecule has 0 amide bonds. The lowest BCUT2D eigenvalue weighted by Crippen LogP contribution is -2.39. The van der Waals surface area contributed by atoms with Crippen molar-refractivity contribution in [3.05, 3.63) is 33.1 Å². The molecule has 8 nitrogen and oxygen atoms in total. The second-order valence-electron chi connectivity index (χ2n) is 3.62. The van der Waals surface area contributed by atoms with Crippen molar-refractivity contribution in [3.8, 4) is 0 Å². The minimum absolute atomic E-state index is 0.0390. The molecule has 0 unspecified atom stereocenters. The molecule has 0 fully saturated rings. The normalized spacial score (nSPS) is 10.3. The van der Waals surface area contributed by atoms with Crippen molar-refractivity contribution in [2.75, 3.05) is 0 Å². The van der Waals surface area contributed by atoms with Gasteiger partial charge in [-0.1, -0.05) is 12.5 Å². The molecular formula is C10H16N4O4. The topological polar surface area (TPSA) is 108 Å². The average Bonchev–Trinajstić information content (AvgIpc) is 2.33. The Morgan fingerprint density at radius 3 is 2.78 bits per heavy atom. The average molecular weight is 256 g/mol. The maximum Gasteiger partial charge on any atom is 0.330 e. The molecule has 0 saturated heterocycles. The van der Waals surface area contributed by atoms with Gasteiger partial charge in [0.1, 0.15) is 0 Å². The molecule has 1 heterocycles. The Labute approximate surface area is 103 Å². The Morgan fingerprint density at radius 2 is 2.17 bits per heavy atom. The molecule has 0 aliphatic heterocycles. The Kier molecular flexibility index (Phi) is 5.28. The zero-order valence-corrected chi connectivity index (χ0v) is 10.1. The highest BCUT2D eigenvalue weighted by molar-refractivity contribution is 5.68. The van der Waals surface area contributed by atoms with Gasteiger partial charge in [0.25, 0.3) is 5.56 Å². The van der Waals surface area contributed by atoms with Crippen LogP contribution in [0.25, 0.3) is 0 Å². The van der Waals surface area contributed by atoms with Crippen molar-refractivity contribution in [1.29, 1.82) is 0 Å². The molecule has 0 aromatic carbocycles. The first-order chi connectivity index (χ1) is 8.60. The molecule has 1 rings (SSSR count). The van der Waals surface area contributed by atoms with E-state index in [0.29, 0.717) is 6.54 Å². The lowest BCUT2D eigenvalue weighted by Gasteiger charge is -2.08. The van der Waals surface area contributed by atoms with E-state index in [0.717, 1.165) is 11.0 Å². The summed E-state index contributed by atoms with van der Waals surface area (Å²) in [5.41, 5.74) is 0.868. The van der Waals surface area contributed by atoms with Gasteiger partial charge in [-0.3, -0.25) is 14.2 Å². The van der Waals surface area contributed by atoms with Gasteiger partial charge in [0.05, 0.1) is 6.42 Å². The van der Waals surface area contributed by atoms with E-state index in [9.17, 15) is 14.4 Å². The van der Waals surface area contributed by atoms with Crippen LogP contribution in [0.2, 0.25) is 0 Å². The van der Waals surface area contributed by atoms with Crippen molar-refractivity contribution >= 4 is 5.97 Å². The molecule has 0 radical (unpaired) electrons. The largest absolute Gasteiger partial charge is 0.356 e. The lowest BCUT2D eigenvalue weighted by atomic mass is 10.4. The molecule has 0 aliphatic rings. The van der Waals surface area contributed by atoms with Crippen molar-refractivity contribution in [2.24, 2.45) is 5.84 Å². The number of aromatic nitrogens is 2.